The zero-order valence-electron chi connectivity index (χ0n) is 16.0. The number of rotatable bonds is 8. The van der Waals surface area contributed by atoms with Crippen LogP contribution in [0.4, 0.5) is 6.01 Å². The molecule has 1 aromatic heterocycles. The summed E-state index contributed by atoms with van der Waals surface area (Å²) in [5, 5.41) is 9.48. The highest BCUT2D eigenvalue weighted by Gasteiger charge is 2.21. The summed E-state index contributed by atoms with van der Waals surface area (Å²) in [5.74, 6) is -1.76. The van der Waals surface area contributed by atoms with Gasteiger partial charge < -0.3 is 4.42 Å². The lowest BCUT2D eigenvalue weighted by molar-refractivity contribution is -0.116. The van der Waals surface area contributed by atoms with Gasteiger partial charge in [0.1, 0.15) is 5.75 Å². The Hall–Kier alpha value is -3.05. The van der Waals surface area contributed by atoms with Gasteiger partial charge in [-0.2, -0.15) is 0 Å². The molecule has 9 nitrogen and oxygen atoms in total. The molecule has 0 saturated heterocycles. The van der Waals surface area contributed by atoms with E-state index in [4.69, 9.17) is 4.42 Å². The summed E-state index contributed by atoms with van der Waals surface area (Å²) in [6, 6.07) is 13.8. The van der Waals surface area contributed by atoms with E-state index in [9.17, 15) is 21.6 Å². The van der Waals surface area contributed by atoms with Crippen molar-refractivity contribution < 1.29 is 26.0 Å². The third kappa shape index (κ3) is 5.51. The summed E-state index contributed by atoms with van der Waals surface area (Å²) >= 11 is 0. The van der Waals surface area contributed by atoms with Crippen LogP contribution in [-0.2, 0) is 30.2 Å². The molecule has 0 spiro atoms. The summed E-state index contributed by atoms with van der Waals surface area (Å²) in [4.78, 5) is 12.3. The van der Waals surface area contributed by atoms with E-state index in [2.05, 4.69) is 15.5 Å². The van der Waals surface area contributed by atoms with E-state index in [-0.39, 0.29) is 28.1 Å². The fourth-order valence-electron chi connectivity index (χ4n) is 2.51. The number of aromatic nitrogens is 2. The van der Waals surface area contributed by atoms with Crippen molar-refractivity contribution in [1.29, 1.82) is 0 Å². The summed E-state index contributed by atoms with van der Waals surface area (Å²) < 4.78 is 54.4. The Kier molecular flexibility index (Phi) is 6.32. The van der Waals surface area contributed by atoms with Crippen LogP contribution in [0.15, 0.2) is 68.8 Å². The minimum absolute atomic E-state index is 0.107. The zero-order chi connectivity index (χ0) is 21.8. The predicted molar refractivity (Wildman–Crippen MR) is 108 cm³/mol. The molecule has 30 heavy (non-hydrogen) atoms. The number of carbonyl (C=O) groups is 1. The quantitative estimate of drug-likeness (QED) is 0.552. The fraction of sp³-hybridized carbons (Fsp3) is 0.211. The summed E-state index contributed by atoms with van der Waals surface area (Å²) in [5.41, 5.74) is 0.924. The Morgan fingerprint density at radius 1 is 0.900 bits per heavy atom. The van der Waals surface area contributed by atoms with E-state index in [0.717, 1.165) is 5.56 Å². The average molecular weight is 450 g/mol. The highest BCUT2D eigenvalue weighted by atomic mass is 32.2. The molecule has 2 aromatic carbocycles. The van der Waals surface area contributed by atoms with Gasteiger partial charge in [0.25, 0.3) is 0 Å². The number of hydrogen-bond acceptors (Lipinski definition) is 8. The van der Waals surface area contributed by atoms with E-state index in [0.29, 0.717) is 0 Å². The Balaban J connectivity index is 1.58. The number of sulfone groups is 2. The van der Waals surface area contributed by atoms with Gasteiger partial charge in [-0.25, -0.2) is 16.8 Å². The molecule has 3 aromatic rings. The molecule has 3 rings (SSSR count). The van der Waals surface area contributed by atoms with Crippen molar-refractivity contribution in [2.24, 2.45) is 0 Å². The first kappa shape index (κ1) is 21.7. The van der Waals surface area contributed by atoms with Crippen LogP contribution in [-0.4, -0.2) is 38.7 Å². The summed E-state index contributed by atoms with van der Waals surface area (Å²) in [6.45, 7) is 1.84. The van der Waals surface area contributed by atoms with Crippen LogP contribution < -0.4 is 5.32 Å². The van der Waals surface area contributed by atoms with E-state index in [1.165, 1.54) is 24.3 Å². The molecule has 0 radical (unpaired) electrons. The van der Waals surface area contributed by atoms with Gasteiger partial charge in [0.05, 0.1) is 15.5 Å². The molecule has 11 heteroatoms. The number of nitrogens with one attached hydrogen (secondary N) is 1. The molecule has 0 atom stereocenters. The van der Waals surface area contributed by atoms with Gasteiger partial charge in [0.2, 0.25) is 11.8 Å². The van der Waals surface area contributed by atoms with E-state index in [1.807, 2.05) is 6.92 Å². The van der Waals surface area contributed by atoms with Crippen LogP contribution in [0.3, 0.4) is 0 Å². The molecular weight excluding hydrogens is 430 g/mol. The van der Waals surface area contributed by atoms with Crippen molar-refractivity contribution >= 4 is 31.6 Å². The minimum Gasteiger partial charge on any atom is -0.407 e. The average Bonchev–Trinajstić information content (AvgIpc) is 3.13. The second-order valence-electron chi connectivity index (χ2n) is 6.50. The number of amides is 1. The topological polar surface area (TPSA) is 136 Å². The van der Waals surface area contributed by atoms with Crippen molar-refractivity contribution in [3.8, 4) is 0 Å². The maximum absolute atomic E-state index is 12.3. The minimum atomic E-state index is -3.68. The molecule has 158 valence electrons. The molecule has 1 heterocycles. The first-order valence-corrected chi connectivity index (χ1v) is 12.2. The van der Waals surface area contributed by atoms with E-state index in [1.54, 1.807) is 30.3 Å². The lowest BCUT2D eigenvalue weighted by Crippen LogP contribution is -2.17. The second kappa shape index (κ2) is 8.76. The number of benzene rings is 2. The van der Waals surface area contributed by atoms with Gasteiger partial charge in [-0.3, -0.25) is 10.1 Å². The van der Waals surface area contributed by atoms with Crippen molar-refractivity contribution in [3.63, 3.8) is 0 Å². The maximum Gasteiger partial charge on any atom is 0.322 e. The molecule has 0 bridgehead atoms. The lowest BCUT2D eigenvalue weighted by Gasteiger charge is -2.04. The zero-order valence-corrected chi connectivity index (χ0v) is 17.6. The number of anilines is 1. The summed E-state index contributed by atoms with van der Waals surface area (Å²) in [6.07, 6.45) is -0.323. The SMILES string of the molecule is Cc1ccc(S(=O)(=O)CCC(=O)Nc2nnc(CS(=O)(=O)c3ccccc3)o2)cc1. The number of carbonyl (C=O) groups excluding carboxylic acids is 1. The van der Waals surface area contributed by atoms with Gasteiger partial charge in [-0.15, -0.1) is 5.10 Å². The van der Waals surface area contributed by atoms with Crippen LogP contribution >= 0.6 is 0 Å². The highest BCUT2D eigenvalue weighted by Crippen LogP contribution is 2.17. The van der Waals surface area contributed by atoms with Crippen LogP contribution in [0, 0.1) is 6.92 Å². The Morgan fingerprint density at radius 2 is 1.53 bits per heavy atom. The molecule has 0 aliphatic rings. The van der Waals surface area contributed by atoms with Gasteiger partial charge >= 0.3 is 6.01 Å². The number of hydrogen-bond donors (Lipinski definition) is 1. The van der Waals surface area contributed by atoms with Gasteiger partial charge in [0.15, 0.2) is 19.7 Å². The van der Waals surface area contributed by atoms with E-state index >= 15 is 0 Å². The van der Waals surface area contributed by atoms with Crippen LogP contribution in [0.1, 0.15) is 17.9 Å². The molecule has 0 fully saturated rings. The predicted octanol–water partition coefficient (Wildman–Crippen LogP) is 2.15. The second-order valence-corrected chi connectivity index (χ2v) is 10.6. The van der Waals surface area contributed by atoms with Crippen molar-refractivity contribution in [1.82, 2.24) is 10.2 Å². The number of nitrogens with zero attached hydrogens (tertiary/aromatic N) is 2. The van der Waals surface area contributed by atoms with Crippen molar-refractivity contribution in [2.75, 3.05) is 11.1 Å². The lowest BCUT2D eigenvalue weighted by atomic mass is 10.2. The third-order valence-corrected chi connectivity index (χ3v) is 7.46. The monoisotopic (exact) mass is 449 g/mol. The molecular formula is C19H19N3O6S2. The Morgan fingerprint density at radius 3 is 2.20 bits per heavy atom. The van der Waals surface area contributed by atoms with Crippen LogP contribution in [0.5, 0.6) is 0 Å². The molecule has 1 amide bonds. The van der Waals surface area contributed by atoms with E-state index < -0.39 is 37.1 Å². The first-order chi connectivity index (χ1) is 14.2. The normalized spacial score (nSPS) is 11.9. The highest BCUT2D eigenvalue weighted by molar-refractivity contribution is 7.91. The van der Waals surface area contributed by atoms with Crippen LogP contribution in [0.25, 0.3) is 0 Å². The van der Waals surface area contributed by atoms with Gasteiger partial charge in [-0.1, -0.05) is 41.0 Å². The molecule has 1 N–H and O–H groups in total. The van der Waals surface area contributed by atoms with Crippen LogP contribution in [0.2, 0.25) is 0 Å². The van der Waals surface area contributed by atoms with Crippen molar-refractivity contribution in [3.05, 3.63) is 66.1 Å². The van der Waals surface area contributed by atoms with Gasteiger partial charge in [-0.05, 0) is 31.2 Å². The van der Waals surface area contributed by atoms with Crippen molar-refractivity contribution in [2.45, 2.75) is 28.9 Å². The molecule has 0 saturated carbocycles. The Bertz CT molecular complexity index is 1230. The molecule has 0 aliphatic heterocycles. The maximum atomic E-state index is 12.3. The summed E-state index contributed by atoms with van der Waals surface area (Å²) in [7, 11) is -7.30. The molecule has 0 aliphatic carbocycles. The standard InChI is InChI=1S/C19H19N3O6S2/c1-14-7-9-16(10-8-14)29(24,25)12-11-17(23)20-19-22-21-18(28-19)13-30(26,27)15-5-3-2-4-6-15/h2-10H,11-13H2,1H3,(H,20,22,23). The largest absolute Gasteiger partial charge is 0.407 e. The fourth-order valence-corrected chi connectivity index (χ4v) is 4.93. The smallest absolute Gasteiger partial charge is 0.322 e. The Labute approximate surface area is 174 Å². The third-order valence-electron chi connectivity index (χ3n) is 4.11. The number of aryl methyl sites for hydroxylation is 1. The van der Waals surface area contributed by atoms with Gasteiger partial charge in [0, 0.05) is 6.42 Å². The first-order valence-electron chi connectivity index (χ1n) is 8.85. The molecule has 0 unspecified atom stereocenters.